The molecular weight excluding hydrogens is 450 g/mol. The second-order valence-electron chi connectivity index (χ2n) is 8.77. The van der Waals surface area contributed by atoms with Gasteiger partial charge in [-0.05, 0) is 49.3 Å². The number of nitrogens with zero attached hydrogens (tertiary/aromatic N) is 1. The van der Waals surface area contributed by atoms with E-state index in [1.54, 1.807) is 19.1 Å². The maximum atomic E-state index is 15.4. The van der Waals surface area contributed by atoms with E-state index in [0.29, 0.717) is 37.9 Å². The number of fused-ring (bicyclic) bond motifs is 1. The van der Waals surface area contributed by atoms with Gasteiger partial charge in [0, 0.05) is 6.07 Å². The number of carbonyl (C=O) groups excluding carboxylic acids is 1. The number of aromatic amines is 1. The molecule has 1 heterocycles. The summed E-state index contributed by atoms with van der Waals surface area (Å²) in [5.41, 5.74) is 2.57. The van der Waals surface area contributed by atoms with E-state index < -0.39 is 11.6 Å². The number of hydrogen-bond donors (Lipinski definition) is 1. The number of halogens is 2. The molecule has 35 heavy (non-hydrogen) atoms. The number of rotatable bonds is 6. The lowest BCUT2D eigenvalue weighted by Crippen LogP contribution is -2.29. The van der Waals surface area contributed by atoms with Crippen LogP contribution in [0.2, 0.25) is 0 Å². The summed E-state index contributed by atoms with van der Waals surface area (Å²) in [7, 11) is 0. The van der Waals surface area contributed by atoms with Crippen LogP contribution in [-0.2, 0) is 9.53 Å². The molecule has 180 valence electrons. The summed E-state index contributed by atoms with van der Waals surface area (Å²) < 4.78 is 41.4. The standard InChI is InChI=1S/C28H26F2N2O3/c1-2-34-27(33)20-12-14-21(15-13-20)35-28-31-23-16-22(29)24(25(30)26(23)32-28)19-10-8-18(9-11-19)17-6-4-3-5-7-17/h3-11,16,20-21H,2,12-15H2,1H3,(H,31,32). The molecular formula is C28H26F2N2O3. The Labute approximate surface area is 202 Å². The van der Waals surface area contributed by atoms with Gasteiger partial charge in [0.1, 0.15) is 17.4 Å². The monoisotopic (exact) mass is 476 g/mol. The Hall–Kier alpha value is -3.74. The van der Waals surface area contributed by atoms with Crippen LogP contribution < -0.4 is 4.74 Å². The largest absolute Gasteiger partial charge is 0.466 e. The van der Waals surface area contributed by atoms with Crippen LogP contribution in [0.25, 0.3) is 33.3 Å². The van der Waals surface area contributed by atoms with Crippen LogP contribution in [0.4, 0.5) is 8.78 Å². The lowest BCUT2D eigenvalue weighted by molar-refractivity contribution is -0.149. The smallest absolute Gasteiger partial charge is 0.308 e. The number of imidazole rings is 1. The predicted octanol–water partition coefficient (Wildman–Crippen LogP) is 6.68. The fraction of sp³-hybridized carbons (Fsp3) is 0.286. The zero-order chi connectivity index (χ0) is 24.4. The summed E-state index contributed by atoms with van der Waals surface area (Å²) in [5.74, 6) is -1.69. The van der Waals surface area contributed by atoms with E-state index in [-0.39, 0.29) is 40.6 Å². The summed E-state index contributed by atoms with van der Waals surface area (Å²) in [6.45, 7) is 2.16. The van der Waals surface area contributed by atoms with Crippen molar-refractivity contribution in [2.24, 2.45) is 5.92 Å². The number of H-pyrrole nitrogens is 1. The highest BCUT2D eigenvalue weighted by molar-refractivity contribution is 5.84. The number of carbonyl (C=O) groups is 1. The molecule has 5 nitrogen and oxygen atoms in total. The number of benzene rings is 3. The van der Waals surface area contributed by atoms with Gasteiger partial charge >= 0.3 is 5.97 Å². The Morgan fingerprint density at radius 1 is 0.971 bits per heavy atom. The van der Waals surface area contributed by atoms with E-state index >= 15 is 4.39 Å². The normalized spacial score (nSPS) is 17.9. The Kier molecular flexibility index (Phi) is 6.49. The van der Waals surface area contributed by atoms with E-state index in [9.17, 15) is 9.18 Å². The number of nitrogens with one attached hydrogen (secondary N) is 1. The minimum Gasteiger partial charge on any atom is -0.466 e. The van der Waals surface area contributed by atoms with Gasteiger partial charge in [-0.25, -0.2) is 8.78 Å². The minimum atomic E-state index is -0.732. The number of aromatic nitrogens is 2. The summed E-state index contributed by atoms with van der Waals surface area (Å²) in [4.78, 5) is 19.1. The number of hydrogen-bond acceptors (Lipinski definition) is 4. The van der Waals surface area contributed by atoms with Crippen molar-refractivity contribution in [2.45, 2.75) is 38.7 Å². The summed E-state index contributed by atoms with van der Waals surface area (Å²) >= 11 is 0. The first-order chi connectivity index (χ1) is 17.0. The van der Waals surface area contributed by atoms with Crippen molar-refractivity contribution in [3.05, 3.63) is 72.3 Å². The molecule has 0 radical (unpaired) electrons. The third kappa shape index (κ3) is 4.76. The van der Waals surface area contributed by atoms with Crippen molar-refractivity contribution in [3.63, 3.8) is 0 Å². The highest BCUT2D eigenvalue weighted by atomic mass is 19.1. The average molecular weight is 477 g/mol. The van der Waals surface area contributed by atoms with Gasteiger partial charge in [0.05, 0.1) is 23.6 Å². The Balaban J connectivity index is 1.34. The van der Waals surface area contributed by atoms with Crippen LogP contribution in [0.1, 0.15) is 32.6 Å². The van der Waals surface area contributed by atoms with Gasteiger partial charge in [0.15, 0.2) is 5.82 Å². The third-order valence-corrected chi connectivity index (χ3v) is 6.50. The van der Waals surface area contributed by atoms with Gasteiger partial charge in [-0.3, -0.25) is 4.79 Å². The van der Waals surface area contributed by atoms with Crippen molar-refractivity contribution in [1.29, 1.82) is 0 Å². The number of ether oxygens (including phenoxy) is 2. The van der Waals surface area contributed by atoms with Crippen LogP contribution in [0.15, 0.2) is 60.7 Å². The molecule has 0 atom stereocenters. The molecule has 1 fully saturated rings. The van der Waals surface area contributed by atoms with Gasteiger partial charge in [-0.15, -0.1) is 0 Å². The predicted molar refractivity (Wildman–Crippen MR) is 130 cm³/mol. The average Bonchev–Trinajstić information content (AvgIpc) is 3.28. The Morgan fingerprint density at radius 3 is 2.31 bits per heavy atom. The second kappa shape index (κ2) is 9.86. The van der Waals surface area contributed by atoms with E-state index in [4.69, 9.17) is 9.47 Å². The fourth-order valence-corrected chi connectivity index (χ4v) is 4.67. The van der Waals surface area contributed by atoms with E-state index in [0.717, 1.165) is 11.1 Å². The second-order valence-corrected chi connectivity index (χ2v) is 8.77. The highest BCUT2D eigenvalue weighted by Crippen LogP contribution is 2.34. The zero-order valence-corrected chi connectivity index (χ0v) is 19.4. The molecule has 1 aromatic heterocycles. The molecule has 0 amide bonds. The van der Waals surface area contributed by atoms with Crippen molar-refractivity contribution in [2.75, 3.05) is 6.61 Å². The van der Waals surface area contributed by atoms with Crippen LogP contribution in [0.5, 0.6) is 6.01 Å². The summed E-state index contributed by atoms with van der Waals surface area (Å²) in [5, 5.41) is 0. The maximum Gasteiger partial charge on any atom is 0.308 e. The van der Waals surface area contributed by atoms with Crippen LogP contribution >= 0.6 is 0 Å². The zero-order valence-electron chi connectivity index (χ0n) is 19.4. The van der Waals surface area contributed by atoms with Gasteiger partial charge in [-0.2, -0.15) is 4.98 Å². The van der Waals surface area contributed by atoms with E-state index in [1.807, 2.05) is 42.5 Å². The minimum absolute atomic E-state index is 0.0312. The highest BCUT2D eigenvalue weighted by Gasteiger charge is 2.29. The number of esters is 1. The van der Waals surface area contributed by atoms with Gasteiger partial charge < -0.3 is 14.5 Å². The topological polar surface area (TPSA) is 64.2 Å². The molecule has 0 aliphatic heterocycles. The van der Waals surface area contributed by atoms with Gasteiger partial charge in [0.25, 0.3) is 6.01 Å². The lowest BCUT2D eigenvalue weighted by Gasteiger charge is -2.26. The molecule has 0 spiro atoms. The fourth-order valence-electron chi connectivity index (χ4n) is 4.67. The molecule has 1 N–H and O–H groups in total. The van der Waals surface area contributed by atoms with Crippen LogP contribution in [0, 0.1) is 17.6 Å². The van der Waals surface area contributed by atoms with Crippen molar-refractivity contribution in [3.8, 4) is 28.3 Å². The Morgan fingerprint density at radius 2 is 1.63 bits per heavy atom. The Bertz CT molecular complexity index is 1330. The summed E-state index contributed by atoms with van der Waals surface area (Å²) in [6.07, 6.45) is 2.50. The van der Waals surface area contributed by atoms with E-state index in [1.165, 1.54) is 6.07 Å². The molecule has 4 aromatic rings. The molecule has 0 unspecified atom stereocenters. The first kappa shape index (κ1) is 23.0. The van der Waals surface area contributed by atoms with Crippen LogP contribution in [0.3, 0.4) is 0 Å². The third-order valence-electron chi connectivity index (χ3n) is 6.50. The molecule has 3 aromatic carbocycles. The van der Waals surface area contributed by atoms with Crippen molar-refractivity contribution in [1.82, 2.24) is 9.97 Å². The van der Waals surface area contributed by atoms with Gasteiger partial charge in [-0.1, -0.05) is 54.6 Å². The van der Waals surface area contributed by atoms with Crippen molar-refractivity contribution < 1.29 is 23.0 Å². The van der Waals surface area contributed by atoms with E-state index in [2.05, 4.69) is 9.97 Å². The van der Waals surface area contributed by atoms with Crippen molar-refractivity contribution >= 4 is 17.0 Å². The molecule has 1 aliphatic rings. The van der Waals surface area contributed by atoms with Gasteiger partial charge in [0.2, 0.25) is 0 Å². The quantitative estimate of drug-likeness (QED) is 0.316. The first-order valence-electron chi connectivity index (χ1n) is 11.9. The maximum absolute atomic E-state index is 15.4. The molecule has 1 aliphatic carbocycles. The SMILES string of the molecule is CCOC(=O)C1CCC(Oc2nc3c(F)c(-c4ccc(-c5ccccc5)cc4)c(F)cc3[nH]2)CC1. The van der Waals surface area contributed by atoms with Crippen LogP contribution in [-0.4, -0.2) is 28.6 Å². The first-order valence-corrected chi connectivity index (χ1v) is 11.9. The lowest BCUT2D eigenvalue weighted by atomic mass is 9.87. The molecule has 7 heteroatoms. The molecule has 1 saturated carbocycles. The molecule has 5 rings (SSSR count). The summed E-state index contributed by atoms with van der Waals surface area (Å²) in [6, 6.07) is 18.3. The molecule has 0 bridgehead atoms. The molecule has 0 saturated heterocycles.